The Bertz CT molecular complexity index is 461. The molecule has 1 aromatic heterocycles. The molecule has 1 saturated heterocycles. The molecule has 7 heteroatoms. The topological polar surface area (TPSA) is 84.3 Å². The fraction of sp³-hybridized carbons (Fsp3) is 0.545. The van der Waals surface area contributed by atoms with Crippen LogP contribution in [0, 0.1) is 5.82 Å². The summed E-state index contributed by atoms with van der Waals surface area (Å²) in [6.07, 6.45) is 1.91. The summed E-state index contributed by atoms with van der Waals surface area (Å²) in [6, 6.07) is 0. The van der Waals surface area contributed by atoms with Gasteiger partial charge in [0.25, 0.3) is 0 Å². The van der Waals surface area contributed by atoms with Crippen LogP contribution >= 0.6 is 0 Å². The van der Waals surface area contributed by atoms with Gasteiger partial charge in [0.05, 0.1) is 12.3 Å². The van der Waals surface area contributed by atoms with E-state index in [-0.39, 0.29) is 24.5 Å². The molecule has 98 valence electrons. The van der Waals surface area contributed by atoms with Crippen molar-refractivity contribution in [3.8, 4) is 0 Å². The van der Waals surface area contributed by atoms with E-state index in [0.717, 1.165) is 0 Å². The Morgan fingerprint density at radius 3 is 3.00 bits per heavy atom. The Balaban J connectivity index is 2.30. The first-order valence-corrected chi connectivity index (χ1v) is 5.68. The average Bonchev–Trinajstić information content (AvgIpc) is 2.82. The zero-order chi connectivity index (χ0) is 13.2. The van der Waals surface area contributed by atoms with Gasteiger partial charge in [-0.3, -0.25) is 0 Å². The summed E-state index contributed by atoms with van der Waals surface area (Å²) in [4.78, 5) is 18.8. The van der Waals surface area contributed by atoms with E-state index < -0.39 is 17.3 Å². The highest BCUT2D eigenvalue weighted by molar-refractivity contribution is 5.83. The maximum Gasteiger partial charge on any atom is 0.331 e. The monoisotopic (exact) mass is 255 g/mol. The van der Waals surface area contributed by atoms with Crippen LogP contribution < -0.4 is 5.32 Å². The number of hydrogen-bond acceptors (Lipinski definition) is 5. The summed E-state index contributed by atoms with van der Waals surface area (Å²) >= 11 is 0. The molecule has 6 nitrogen and oxygen atoms in total. The predicted molar refractivity (Wildman–Crippen MR) is 60.8 cm³/mol. The Morgan fingerprint density at radius 1 is 1.67 bits per heavy atom. The standard InChI is InChI=1S/C11H14FN3O3/c1-2-7-8(12)9(14-6-13-7)15-11(10(16)17)3-4-18-5-11/h6H,2-5H2,1H3,(H,16,17)(H,13,14,15). The Labute approximate surface area is 103 Å². The molecule has 18 heavy (non-hydrogen) atoms. The van der Waals surface area contributed by atoms with E-state index in [9.17, 15) is 14.3 Å². The summed E-state index contributed by atoms with van der Waals surface area (Å²) in [5.74, 6) is -1.77. The van der Waals surface area contributed by atoms with Crippen molar-refractivity contribution in [1.82, 2.24) is 9.97 Å². The third-order valence-electron chi connectivity index (χ3n) is 2.99. The molecule has 1 aliphatic rings. The number of aromatic nitrogens is 2. The highest BCUT2D eigenvalue weighted by Crippen LogP contribution is 2.25. The van der Waals surface area contributed by atoms with Gasteiger partial charge < -0.3 is 15.2 Å². The van der Waals surface area contributed by atoms with Gasteiger partial charge in [0.15, 0.2) is 17.2 Å². The maximum absolute atomic E-state index is 13.9. The normalized spacial score (nSPS) is 23.0. The van der Waals surface area contributed by atoms with Gasteiger partial charge in [-0.2, -0.15) is 0 Å². The van der Waals surface area contributed by atoms with Crippen molar-refractivity contribution in [3.63, 3.8) is 0 Å². The molecule has 1 fully saturated rings. The number of aryl methyl sites for hydroxylation is 1. The van der Waals surface area contributed by atoms with Gasteiger partial charge in [0, 0.05) is 13.0 Å². The second-order valence-corrected chi connectivity index (χ2v) is 4.15. The first-order chi connectivity index (χ1) is 8.59. The number of rotatable bonds is 4. The average molecular weight is 255 g/mol. The number of hydrogen-bond donors (Lipinski definition) is 2. The lowest BCUT2D eigenvalue weighted by Crippen LogP contribution is -2.47. The van der Waals surface area contributed by atoms with E-state index in [4.69, 9.17) is 4.74 Å². The summed E-state index contributed by atoms with van der Waals surface area (Å²) in [5.41, 5.74) is -1.05. The molecule has 1 atom stereocenters. The van der Waals surface area contributed by atoms with Crippen molar-refractivity contribution in [1.29, 1.82) is 0 Å². The van der Waals surface area contributed by atoms with Gasteiger partial charge in [-0.25, -0.2) is 19.2 Å². The number of anilines is 1. The molecule has 2 N–H and O–H groups in total. The third-order valence-corrected chi connectivity index (χ3v) is 2.99. The second-order valence-electron chi connectivity index (χ2n) is 4.15. The van der Waals surface area contributed by atoms with Gasteiger partial charge in [-0.05, 0) is 6.42 Å². The van der Waals surface area contributed by atoms with Crippen LogP contribution in [0.2, 0.25) is 0 Å². The highest BCUT2D eigenvalue weighted by atomic mass is 19.1. The number of carboxylic acid groups (broad SMARTS) is 1. The van der Waals surface area contributed by atoms with E-state index >= 15 is 0 Å². The van der Waals surface area contributed by atoms with E-state index in [1.165, 1.54) is 6.33 Å². The molecule has 0 saturated carbocycles. The Kier molecular flexibility index (Phi) is 3.42. The zero-order valence-corrected chi connectivity index (χ0v) is 9.94. The molecule has 1 aliphatic heterocycles. The number of ether oxygens (including phenoxy) is 1. The molecular weight excluding hydrogens is 241 g/mol. The van der Waals surface area contributed by atoms with Crippen LogP contribution in [0.15, 0.2) is 6.33 Å². The number of nitrogens with zero attached hydrogens (tertiary/aromatic N) is 2. The predicted octanol–water partition coefficient (Wildman–Crippen LogP) is 0.834. The molecule has 1 aromatic rings. The van der Waals surface area contributed by atoms with Gasteiger partial charge in [-0.15, -0.1) is 0 Å². The minimum atomic E-state index is -1.31. The second kappa shape index (κ2) is 4.85. The SMILES string of the molecule is CCc1ncnc(NC2(C(=O)O)CCOC2)c1F. The van der Waals surface area contributed by atoms with Crippen molar-refractivity contribution < 1.29 is 19.0 Å². The van der Waals surface area contributed by atoms with Crippen molar-refractivity contribution in [3.05, 3.63) is 17.8 Å². The molecule has 0 aromatic carbocycles. The number of carbonyl (C=O) groups is 1. The van der Waals surface area contributed by atoms with Crippen LogP contribution in [-0.2, 0) is 16.0 Å². The zero-order valence-electron chi connectivity index (χ0n) is 9.94. The smallest absolute Gasteiger partial charge is 0.331 e. The molecule has 0 spiro atoms. The van der Waals surface area contributed by atoms with Crippen molar-refractivity contribution in [2.75, 3.05) is 18.5 Å². The fourth-order valence-electron chi connectivity index (χ4n) is 1.85. The van der Waals surface area contributed by atoms with Crippen LogP contribution in [0.25, 0.3) is 0 Å². The van der Waals surface area contributed by atoms with Gasteiger partial charge in [0.1, 0.15) is 6.33 Å². The summed E-state index contributed by atoms with van der Waals surface area (Å²) in [7, 11) is 0. The molecule has 0 amide bonds. The van der Waals surface area contributed by atoms with E-state index in [2.05, 4.69) is 15.3 Å². The molecule has 2 heterocycles. The van der Waals surface area contributed by atoms with Crippen LogP contribution in [0.3, 0.4) is 0 Å². The van der Waals surface area contributed by atoms with Crippen LogP contribution in [-0.4, -0.2) is 39.8 Å². The van der Waals surface area contributed by atoms with E-state index in [1.54, 1.807) is 6.92 Å². The largest absolute Gasteiger partial charge is 0.479 e. The summed E-state index contributed by atoms with van der Waals surface area (Å²) in [5, 5.41) is 11.9. The quantitative estimate of drug-likeness (QED) is 0.829. The third kappa shape index (κ3) is 2.13. The summed E-state index contributed by atoms with van der Waals surface area (Å²) < 4.78 is 19.0. The Hall–Kier alpha value is -1.76. The lowest BCUT2D eigenvalue weighted by Gasteiger charge is -2.24. The lowest BCUT2D eigenvalue weighted by atomic mass is 9.99. The van der Waals surface area contributed by atoms with E-state index in [1.807, 2.05) is 0 Å². The first kappa shape index (κ1) is 12.7. The number of aliphatic carboxylic acids is 1. The number of carboxylic acids is 1. The molecule has 0 radical (unpaired) electrons. The van der Waals surface area contributed by atoms with Crippen molar-refractivity contribution in [2.24, 2.45) is 0 Å². The van der Waals surface area contributed by atoms with Crippen molar-refractivity contribution in [2.45, 2.75) is 25.3 Å². The van der Waals surface area contributed by atoms with Gasteiger partial charge in [-0.1, -0.05) is 6.92 Å². The Morgan fingerprint density at radius 2 is 2.44 bits per heavy atom. The van der Waals surface area contributed by atoms with Crippen LogP contribution in [0.1, 0.15) is 19.0 Å². The molecule has 2 rings (SSSR count). The number of nitrogens with one attached hydrogen (secondary N) is 1. The van der Waals surface area contributed by atoms with Crippen LogP contribution in [0.4, 0.5) is 10.2 Å². The minimum Gasteiger partial charge on any atom is -0.479 e. The highest BCUT2D eigenvalue weighted by Gasteiger charge is 2.43. The van der Waals surface area contributed by atoms with Crippen molar-refractivity contribution >= 4 is 11.8 Å². The lowest BCUT2D eigenvalue weighted by molar-refractivity contribution is -0.142. The van der Waals surface area contributed by atoms with E-state index in [0.29, 0.717) is 13.0 Å². The molecule has 0 aliphatic carbocycles. The van der Waals surface area contributed by atoms with Gasteiger partial charge in [0.2, 0.25) is 0 Å². The fourth-order valence-corrected chi connectivity index (χ4v) is 1.85. The molecule has 0 bridgehead atoms. The van der Waals surface area contributed by atoms with Crippen LogP contribution in [0.5, 0.6) is 0 Å². The first-order valence-electron chi connectivity index (χ1n) is 5.68. The molecular formula is C11H14FN3O3. The summed E-state index contributed by atoms with van der Waals surface area (Å²) in [6.45, 7) is 2.08. The number of halogens is 1. The maximum atomic E-state index is 13.9. The molecule has 1 unspecified atom stereocenters. The van der Waals surface area contributed by atoms with Gasteiger partial charge >= 0.3 is 5.97 Å². The minimum absolute atomic E-state index is 0.00671.